The van der Waals surface area contributed by atoms with E-state index in [0.717, 1.165) is 12.8 Å². The molecule has 2 rings (SSSR count). The summed E-state index contributed by atoms with van der Waals surface area (Å²) in [5.41, 5.74) is -1.65. The Labute approximate surface area is 131 Å². The number of aliphatic carboxylic acids is 1. The molecule has 3 atom stereocenters. The van der Waals surface area contributed by atoms with Gasteiger partial charge in [0.05, 0.1) is 11.5 Å². The average Bonchev–Trinajstić information content (AvgIpc) is 2.83. The van der Waals surface area contributed by atoms with E-state index in [9.17, 15) is 19.8 Å². The third-order valence-electron chi connectivity index (χ3n) is 4.82. The largest absolute Gasteiger partial charge is 0.481 e. The fraction of sp³-hybridized carbons (Fsp3) is 0.875. The topological polar surface area (TPSA) is 87.1 Å². The molecule has 2 fully saturated rings. The number of ether oxygens (including phenoxy) is 1. The zero-order chi connectivity index (χ0) is 16.5. The lowest BCUT2D eigenvalue weighted by Gasteiger charge is -2.39. The zero-order valence-corrected chi connectivity index (χ0v) is 13.7. The minimum Gasteiger partial charge on any atom is -0.481 e. The summed E-state index contributed by atoms with van der Waals surface area (Å²) in [7, 11) is 0. The standard InChI is InChI=1S/C16H27NO5/c1-15(2,3)22-14(21)17-9-8-16(10-17,13(19)20)11-6-4-5-7-12(11)18/h11-12,18H,4-10H2,1-3H3,(H,19,20). The molecule has 1 heterocycles. The number of carbonyl (C=O) groups excluding carboxylic acids is 1. The number of nitrogens with zero attached hydrogens (tertiary/aromatic N) is 1. The van der Waals surface area contributed by atoms with Gasteiger partial charge >= 0.3 is 12.1 Å². The van der Waals surface area contributed by atoms with E-state index in [2.05, 4.69) is 0 Å². The van der Waals surface area contributed by atoms with Gasteiger partial charge in [0.25, 0.3) is 0 Å². The fourth-order valence-electron chi connectivity index (χ4n) is 3.71. The summed E-state index contributed by atoms with van der Waals surface area (Å²) in [5.74, 6) is -1.20. The first-order chi connectivity index (χ1) is 10.2. The van der Waals surface area contributed by atoms with Crippen molar-refractivity contribution in [3.8, 4) is 0 Å². The maximum atomic E-state index is 12.2. The van der Waals surface area contributed by atoms with Gasteiger partial charge in [-0.1, -0.05) is 12.8 Å². The number of carboxylic acid groups (broad SMARTS) is 1. The van der Waals surface area contributed by atoms with E-state index < -0.39 is 29.2 Å². The van der Waals surface area contributed by atoms with Crippen LogP contribution in [0.5, 0.6) is 0 Å². The van der Waals surface area contributed by atoms with Crippen molar-refractivity contribution in [1.82, 2.24) is 4.90 Å². The molecule has 2 N–H and O–H groups in total. The quantitative estimate of drug-likeness (QED) is 0.816. The molecule has 1 aliphatic carbocycles. The highest BCUT2D eigenvalue weighted by atomic mass is 16.6. The first kappa shape index (κ1) is 17.1. The van der Waals surface area contributed by atoms with Gasteiger partial charge < -0.3 is 19.8 Å². The fourth-order valence-corrected chi connectivity index (χ4v) is 3.71. The van der Waals surface area contributed by atoms with E-state index in [1.807, 2.05) is 0 Å². The van der Waals surface area contributed by atoms with Gasteiger partial charge in [-0.05, 0) is 40.0 Å². The number of likely N-dealkylation sites (tertiary alicyclic amines) is 1. The van der Waals surface area contributed by atoms with Crippen molar-refractivity contribution in [3.05, 3.63) is 0 Å². The highest BCUT2D eigenvalue weighted by molar-refractivity contribution is 5.78. The minimum atomic E-state index is -1.04. The van der Waals surface area contributed by atoms with Gasteiger partial charge in [-0.2, -0.15) is 0 Å². The van der Waals surface area contributed by atoms with Crippen LogP contribution < -0.4 is 0 Å². The van der Waals surface area contributed by atoms with E-state index >= 15 is 0 Å². The lowest BCUT2D eigenvalue weighted by Crippen LogP contribution is -2.48. The summed E-state index contributed by atoms with van der Waals surface area (Å²) in [4.78, 5) is 25.6. The van der Waals surface area contributed by atoms with Crippen LogP contribution in [0.3, 0.4) is 0 Å². The Morgan fingerprint density at radius 1 is 1.23 bits per heavy atom. The van der Waals surface area contributed by atoms with Crippen molar-refractivity contribution in [3.63, 3.8) is 0 Å². The Balaban J connectivity index is 2.14. The Hall–Kier alpha value is -1.30. The smallest absolute Gasteiger partial charge is 0.410 e. The molecule has 1 saturated carbocycles. The Kier molecular flexibility index (Phi) is 4.70. The average molecular weight is 313 g/mol. The second kappa shape index (κ2) is 6.07. The van der Waals surface area contributed by atoms with Crippen LogP contribution in [-0.2, 0) is 9.53 Å². The van der Waals surface area contributed by atoms with Gasteiger partial charge in [-0.25, -0.2) is 4.79 Å². The molecule has 22 heavy (non-hydrogen) atoms. The van der Waals surface area contributed by atoms with Gasteiger partial charge in [0.15, 0.2) is 0 Å². The molecule has 2 aliphatic rings. The number of carboxylic acids is 1. The molecule has 6 heteroatoms. The first-order valence-corrected chi connectivity index (χ1v) is 8.05. The molecule has 1 aliphatic heterocycles. The monoisotopic (exact) mass is 313 g/mol. The minimum absolute atomic E-state index is 0.124. The number of rotatable bonds is 2. The molecule has 0 radical (unpaired) electrons. The lowest BCUT2D eigenvalue weighted by molar-refractivity contribution is -0.156. The number of aliphatic hydroxyl groups excluding tert-OH is 1. The number of aliphatic hydroxyl groups is 1. The Morgan fingerprint density at radius 2 is 1.86 bits per heavy atom. The van der Waals surface area contributed by atoms with Crippen LogP contribution in [-0.4, -0.2) is 52.0 Å². The Bertz CT molecular complexity index is 444. The summed E-state index contributed by atoms with van der Waals surface area (Å²) in [6, 6.07) is 0. The van der Waals surface area contributed by atoms with Crippen molar-refractivity contribution in [2.75, 3.05) is 13.1 Å². The van der Waals surface area contributed by atoms with E-state index in [4.69, 9.17) is 4.74 Å². The number of hydrogen-bond donors (Lipinski definition) is 2. The van der Waals surface area contributed by atoms with Crippen molar-refractivity contribution < 1.29 is 24.5 Å². The molecule has 0 bridgehead atoms. The first-order valence-electron chi connectivity index (χ1n) is 8.05. The third kappa shape index (κ3) is 3.37. The molecule has 0 aromatic heterocycles. The van der Waals surface area contributed by atoms with Crippen molar-refractivity contribution in [2.45, 2.75) is 64.6 Å². The Morgan fingerprint density at radius 3 is 2.41 bits per heavy atom. The van der Waals surface area contributed by atoms with Gasteiger partial charge in [0.2, 0.25) is 0 Å². The van der Waals surface area contributed by atoms with Crippen molar-refractivity contribution >= 4 is 12.1 Å². The molecule has 0 aromatic rings. The lowest BCUT2D eigenvalue weighted by atomic mass is 9.66. The summed E-state index contributed by atoms with van der Waals surface area (Å²) < 4.78 is 5.34. The summed E-state index contributed by atoms with van der Waals surface area (Å²) >= 11 is 0. The molecular weight excluding hydrogens is 286 g/mol. The summed E-state index contributed by atoms with van der Waals surface area (Å²) in [6.45, 7) is 5.85. The third-order valence-corrected chi connectivity index (χ3v) is 4.82. The van der Waals surface area contributed by atoms with Gasteiger partial charge in [0, 0.05) is 19.0 Å². The van der Waals surface area contributed by atoms with Crippen LogP contribution in [0.4, 0.5) is 4.79 Å². The van der Waals surface area contributed by atoms with E-state index in [-0.39, 0.29) is 12.5 Å². The second-order valence-electron chi connectivity index (χ2n) is 7.57. The predicted molar refractivity (Wildman–Crippen MR) is 80.5 cm³/mol. The SMILES string of the molecule is CC(C)(C)OC(=O)N1CCC(C(=O)O)(C2CCCCC2O)C1. The number of amides is 1. The summed E-state index contributed by atoms with van der Waals surface area (Å²) in [5, 5.41) is 20.0. The van der Waals surface area contributed by atoms with Crippen LogP contribution in [0.2, 0.25) is 0 Å². The molecule has 1 amide bonds. The van der Waals surface area contributed by atoms with Gasteiger partial charge in [-0.3, -0.25) is 4.79 Å². The maximum absolute atomic E-state index is 12.2. The molecule has 3 unspecified atom stereocenters. The van der Waals surface area contributed by atoms with E-state index in [1.54, 1.807) is 20.8 Å². The van der Waals surface area contributed by atoms with Crippen LogP contribution in [0.15, 0.2) is 0 Å². The van der Waals surface area contributed by atoms with Crippen LogP contribution >= 0.6 is 0 Å². The normalized spacial score (nSPS) is 32.8. The van der Waals surface area contributed by atoms with Gasteiger partial charge in [0.1, 0.15) is 5.60 Å². The molecule has 0 spiro atoms. The van der Waals surface area contributed by atoms with Crippen molar-refractivity contribution in [2.24, 2.45) is 11.3 Å². The molecular formula is C16H27NO5. The van der Waals surface area contributed by atoms with E-state index in [0.29, 0.717) is 25.8 Å². The van der Waals surface area contributed by atoms with Gasteiger partial charge in [-0.15, -0.1) is 0 Å². The number of carbonyl (C=O) groups is 2. The van der Waals surface area contributed by atoms with Crippen molar-refractivity contribution in [1.29, 1.82) is 0 Å². The van der Waals surface area contributed by atoms with Crippen LogP contribution in [0.25, 0.3) is 0 Å². The predicted octanol–water partition coefficient (Wildman–Crippen LogP) is 2.25. The summed E-state index contributed by atoms with van der Waals surface area (Å²) in [6.07, 6.45) is 2.53. The molecule has 6 nitrogen and oxygen atoms in total. The number of hydrogen-bond acceptors (Lipinski definition) is 4. The van der Waals surface area contributed by atoms with E-state index in [1.165, 1.54) is 4.90 Å². The molecule has 0 aromatic carbocycles. The highest BCUT2D eigenvalue weighted by Crippen LogP contribution is 2.45. The van der Waals surface area contributed by atoms with Crippen LogP contribution in [0.1, 0.15) is 52.9 Å². The maximum Gasteiger partial charge on any atom is 0.410 e. The highest BCUT2D eigenvalue weighted by Gasteiger charge is 2.54. The molecule has 1 saturated heterocycles. The second-order valence-corrected chi connectivity index (χ2v) is 7.57. The van der Waals surface area contributed by atoms with Crippen LogP contribution in [0, 0.1) is 11.3 Å². The zero-order valence-electron chi connectivity index (χ0n) is 13.7. The molecule has 126 valence electrons.